The summed E-state index contributed by atoms with van der Waals surface area (Å²) >= 11 is 0. The van der Waals surface area contributed by atoms with E-state index in [4.69, 9.17) is 5.73 Å². The van der Waals surface area contributed by atoms with Gasteiger partial charge in [0.2, 0.25) is 11.9 Å². The maximum atomic E-state index is 12.8. The highest BCUT2D eigenvalue weighted by Gasteiger charge is 2.49. The number of nitrogens with two attached hydrogens (primary N) is 1. The van der Waals surface area contributed by atoms with Gasteiger partial charge in [-0.2, -0.15) is 13.2 Å². The monoisotopic (exact) mass is 398 g/mol. The molecule has 1 aliphatic rings. The molecule has 4 rings (SSSR count). The Morgan fingerprint density at radius 2 is 1.72 bits per heavy atom. The molecule has 0 atom stereocenters. The van der Waals surface area contributed by atoms with E-state index in [1.165, 1.54) is 0 Å². The van der Waals surface area contributed by atoms with E-state index in [0.717, 1.165) is 41.8 Å². The van der Waals surface area contributed by atoms with Crippen LogP contribution in [0.2, 0.25) is 0 Å². The fourth-order valence-corrected chi connectivity index (χ4v) is 3.28. The van der Waals surface area contributed by atoms with Crippen LogP contribution in [0.5, 0.6) is 0 Å². The Hall–Kier alpha value is -3.42. The maximum absolute atomic E-state index is 12.8. The van der Waals surface area contributed by atoms with Gasteiger partial charge < -0.3 is 11.1 Å². The number of nitrogens with zero attached hydrogens (tertiary/aromatic N) is 2. The smallest absolute Gasteiger partial charge is 0.369 e. The predicted molar refractivity (Wildman–Crippen MR) is 102 cm³/mol. The summed E-state index contributed by atoms with van der Waals surface area (Å²) in [6, 6.07) is 15.6. The second-order valence-electron chi connectivity index (χ2n) is 7.00. The molecule has 0 spiro atoms. The first-order chi connectivity index (χ1) is 13.8. The molecule has 0 saturated heterocycles. The van der Waals surface area contributed by atoms with Crippen LogP contribution >= 0.6 is 0 Å². The molecule has 0 bridgehead atoms. The highest BCUT2D eigenvalue weighted by Crippen LogP contribution is 2.48. The molecule has 1 fully saturated rings. The molecule has 1 amide bonds. The number of benzene rings is 2. The van der Waals surface area contributed by atoms with Crippen LogP contribution in [-0.4, -0.2) is 15.9 Å². The quantitative estimate of drug-likeness (QED) is 0.667. The van der Waals surface area contributed by atoms with E-state index in [1.54, 1.807) is 18.2 Å². The molecule has 1 aliphatic carbocycles. The largest absolute Gasteiger partial charge is 0.433 e. The third kappa shape index (κ3) is 3.78. The highest BCUT2D eigenvalue weighted by molar-refractivity contribution is 5.90. The molecular weight excluding hydrogens is 381 g/mol. The number of aromatic nitrogens is 2. The van der Waals surface area contributed by atoms with Gasteiger partial charge in [-0.05, 0) is 47.7 Å². The van der Waals surface area contributed by atoms with Gasteiger partial charge in [0.15, 0.2) is 0 Å². The Morgan fingerprint density at radius 3 is 2.38 bits per heavy atom. The van der Waals surface area contributed by atoms with Gasteiger partial charge >= 0.3 is 6.18 Å². The summed E-state index contributed by atoms with van der Waals surface area (Å²) in [5.74, 6) is -0.469. The average molecular weight is 398 g/mol. The lowest BCUT2D eigenvalue weighted by Crippen LogP contribution is -2.28. The number of rotatable bonds is 5. The van der Waals surface area contributed by atoms with Crippen LogP contribution in [0.3, 0.4) is 0 Å². The molecule has 3 N–H and O–H groups in total. The molecule has 0 unspecified atom stereocenters. The Labute approximate surface area is 164 Å². The molecule has 1 saturated carbocycles. The number of carbonyl (C=O) groups is 1. The third-order valence-corrected chi connectivity index (χ3v) is 5.03. The van der Waals surface area contributed by atoms with E-state index in [-0.39, 0.29) is 11.9 Å². The Balaban J connectivity index is 1.61. The third-order valence-electron chi connectivity index (χ3n) is 5.03. The lowest BCUT2D eigenvalue weighted by molar-refractivity contribution is -0.141. The van der Waals surface area contributed by atoms with Crippen molar-refractivity contribution in [2.75, 3.05) is 5.32 Å². The number of hydrogen-bond acceptors (Lipinski definition) is 4. The summed E-state index contributed by atoms with van der Waals surface area (Å²) in [6.07, 6.45) is -2.01. The molecule has 1 heterocycles. The molecular formula is C21H17F3N4O. The first-order valence-corrected chi connectivity index (χ1v) is 8.96. The zero-order valence-corrected chi connectivity index (χ0v) is 15.2. The average Bonchev–Trinajstić information content (AvgIpc) is 3.50. The lowest BCUT2D eigenvalue weighted by Gasteiger charge is -2.14. The van der Waals surface area contributed by atoms with E-state index in [9.17, 15) is 18.0 Å². The minimum atomic E-state index is -4.54. The number of alkyl halides is 3. The number of primary amides is 1. The van der Waals surface area contributed by atoms with E-state index in [1.807, 2.05) is 30.3 Å². The van der Waals surface area contributed by atoms with Crippen molar-refractivity contribution in [1.82, 2.24) is 9.97 Å². The first-order valence-electron chi connectivity index (χ1n) is 8.96. The van der Waals surface area contributed by atoms with Gasteiger partial charge in [-0.15, -0.1) is 0 Å². The van der Waals surface area contributed by atoms with Gasteiger partial charge in [-0.1, -0.05) is 36.4 Å². The normalized spacial score (nSPS) is 15.0. The van der Waals surface area contributed by atoms with Gasteiger partial charge in [-0.25, -0.2) is 9.97 Å². The topological polar surface area (TPSA) is 80.9 Å². The van der Waals surface area contributed by atoms with E-state index < -0.39 is 17.3 Å². The standard InChI is InChI=1S/C21H17F3N4O/c22-21(23,24)17-7-10-26-19(28-17)27-16-6-2-4-14(12-16)13-3-1-5-15(11-13)20(8-9-20)18(25)29/h1-7,10-12H,8-9H2,(H2,25,29)(H,26,27,28). The van der Waals surface area contributed by atoms with Gasteiger partial charge in [0, 0.05) is 11.9 Å². The van der Waals surface area contributed by atoms with E-state index in [2.05, 4.69) is 15.3 Å². The van der Waals surface area contributed by atoms with Gasteiger partial charge in [0.05, 0.1) is 5.41 Å². The van der Waals surface area contributed by atoms with Crippen LogP contribution in [0.1, 0.15) is 24.1 Å². The molecule has 5 nitrogen and oxygen atoms in total. The van der Waals surface area contributed by atoms with Crippen LogP contribution in [0.25, 0.3) is 11.1 Å². The number of carbonyl (C=O) groups excluding carboxylic acids is 1. The Bertz CT molecular complexity index is 1080. The number of halogens is 3. The number of hydrogen-bond donors (Lipinski definition) is 2. The zero-order valence-electron chi connectivity index (χ0n) is 15.2. The maximum Gasteiger partial charge on any atom is 0.433 e. The molecule has 0 radical (unpaired) electrons. The molecule has 3 aromatic rings. The molecule has 8 heteroatoms. The van der Waals surface area contributed by atoms with Gasteiger partial charge in [-0.3, -0.25) is 4.79 Å². The number of nitrogens with one attached hydrogen (secondary N) is 1. The second kappa shape index (κ2) is 6.88. The lowest BCUT2D eigenvalue weighted by atomic mass is 9.92. The van der Waals surface area contributed by atoms with Crippen LogP contribution < -0.4 is 11.1 Å². The fraction of sp³-hybridized carbons (Fsp3) is 0.190. The van der Waals surface area contributed by atoms with Gasteiger partial charge in [0.1, 0.15) is 5.69 Å². The van der Waals surface area contributed by atoms with Crippen molar-refractivity contribution in [3.63, 3.8) is 0 Å². The van der Waals surface area contributed by atoms with Crippen molar-refractivity contribution in [2.24, 2.45) is 5.73 Å². The summed E-state index contributed by atoms with van der Waals surface area (Å²) < 4.78 is 38.5. The summed E-state index contributed by atoms with van der Waals surface area (Å²) in [7, 11) is 0. The Kier molecular flexibility index (Phi) is 4.49. The predicted octanol–water partition coefficient (Wildman–Crippen LogP) is 4.42. The second-order valence-corrected chi connectivity index (χ2v) is 7.00. The van der Waals surface area contributed by atoms with Crippen molar-refractivity contribution >= 4 is 17.5 Å². The molecule has 2 aromatic carbocycles. The number of amides is 1. The molecule has 29 heavy (non-hydrogen) atoms. The van der Waals surface area contributed by atoms with Crippen molar-refractivity contribution in [3.8, 4) is 11.1 Å². The summed E-state index contributed by atoms with van der Waals surface area (Å²) in [4.78, 5) is 19.2. The fourth-order valence-electron chi connectivity index (χ4n) is 3.28. The van der Waals surface area contributed by atoms with E-state index in [0.29, 0.717) is 5.69 Å². The van der Waals surface area contributed by atoms with Crippen molar-refractivity contribution in [3.05, 3.63) is 72.1 Å². The number of anilines is 2. The first kappa shape index (κ1) is 18.9. The molecule has 148 valence electrons. The SMILES string of the molecule is NC(=O)C1(c2cccc(-c3cccc(Nc4nccc(C(F)(F)F)n4)c3)c2)CC1. The highest BCUT2D eigenvalue weighted by atomic mass is 19.4. The van der Waals surface area contributed by atoms with Crippen LogP contribution in [0.4, 0.5) is 24.8 Å². The van der Waals surface area contributed by atoms with E-state index >= 15 is 0 Å². The summed E-state index contributed by atoms with van der Waals surface area (Å²) in [6.45, 7) is 0. The zero-order chi connectivity index (χ0) is 20.6. The van der Waals surface area contributed by atoms with Crippen LogP contribution in [0, 0.1) is 0 Å². The minimum absolute atomic E-state index is 0.142. The summed E-state index contributed by atoms with van der Waals surface area (Å²) in [5.41, 5.74) is 7.10. The van der Waals surface area contributed by atoms with Crippen molar-refractivity contribution in [2.45, 2.75) is 24.4 Å². The summed E-state index contributed by atoms with van der Waals surface area (Å²) in [5, 5.41) is 2.81. The Morgan fingerprint density at radius 1 is 1.03 bits per heavy atom. The molecule has 1 aromatic heterocycles. The van der Waals surface area contributed by atoms with Crippen molar-refractivity contribution < 1.29 is 18.0 Å². The van der Waals surface area contributed by atoms with Crippen LogP contribution in [0.15, 0.2) is 60.8 Å². The van der Waals surface area contributed by atoms with Crippen molar-refractivity contribution in [1.29, 1.82) is 0 Å². The van der Waals surface area contributed by atoms with Gasteiger partial charge in [0.25, 0.3) is 0 Å². The van der Waals surface area contributed by atoms with Crippen LogP contribution in [-0.2, 0) is 16.4 Å². The minimum Gasteiger partial charge on any atom is -0.369 e. The molecule has 0 aliphatic heterocycles.